The Bertz CT molecular complexity index is 434. The van der Waals surface area contributed by atoms with Gasteiger partial charge in [-0.2, -0.15) is 0 Å². The highest BCUT2D eigenvalue weighted by Crippen LogP contribution is 2.49. The average molecular weight is 373 g/mol. The van der Waals surface area contributed by atoms with Gasteiger partial charge < -0.3 is 9.53 Å². The number of carbonyl (C=O) groups is 2. The fourth-order valence-electron chi connectivity index (χ4n) is 4.43. The lowest BCUT2D eigenvalue weighted by molar-refractivity contribution is -0.149. The molecule has 1 aliphatic carbocycles. The van der Waals surface area contributed by atoms with Crippen LogP contribution in [0, 0.1) is 29.6 Å². The number of carbonyl (C=O) groups excluding carboxylic acids is 2. The molecule has 0 amide bonds. The molecule has 1 heterocycles. The van der Waals surface area contributed by atoms with E-state index in [4.69, 9.17) is 4.74 Å². The molecule has 0 aromatic rings. The first-order valence-electron chi connectivity index (χ1n) is 9.23. The number of aldehydes is 1. The number of rotatable bonds is 6. The summed E-state index contributed by atoms with van der Waals surface area (Å²) in [6.07, 6.45) is 6.75. The molecule has 2 aliphatic rings. The Morgan fingerprint density at radius 1 is 1.33 bits per heavy atom. The zero-order chi connectivity index (χ0) is 17.7. The van der Waals surface area contributed by atoms with Crippen LogP contribution in [-0.4, -0.2) is 35.0 Å². The molecule has 2 rings (SSSR count). The summed E-state index contributed by atoms with van der Waals surface area (Å²) in [7, 11) is 1.44. The van der Waals surface area contributed by atoms with Crippen molar-refractivity contribution in [3.63, 3.8) is 0 Å². The fraction of sp³-hybridized carbons (Fsp3) is 0.895. The third-order valence-electron chi connectivity index (χ3n) is 6.08. The molecule has 5 atom stereocenters. The van der Waals surface area contributed by atoms with E-state index in [1.807, 2.05) is 6.92 Å². The molecule has 0 aromatic carbocycles. The van der Waals surface area contributed by atoms with Crippen LogP contribution in [0.15, 0.2) is 0 Å². The van der Waals surface area contributed by atoms with Crippen LogP contribution >= 0.6 is 23.5 Å². The lowest BCUT2D eigenvalue weighted by atomic mass is 9.63. The van der Waals surface area contributed by atoms with Crippen LogP contribution in [-0.2, 0) is 14.3 Å². The minimum atomic E-state index is -0.186. The number of ether oxygens (including phenoxy) is 1. The van der Waals surface area contributed by atoms with E-state index >= 15 is 0 Å². The molecule has 0 radical (unpaired) electrons. The Labute approximate surface area is 155 Å². The van der Waals surface area contributed by atoms with Gasteiger partial charge in [-0.3, -0.25) is 4.79 Å². The van der Waals surface area contributed by atoms with Crippen LogP contribution in [0.25, 0.3) is 0 Å². The first-order valence-corrected chi connectivity index (χ1v) is 11.2. The van der Waals surface area contributed by atoms with Gasteiger partial charge in [-0.05, 0) is 61.9 Å². The van der Waals surface area contributed by atoms with E-state index in [0.29, 0.717) is 15.9 Å². The lowest BCUT2D eigenvalue weighted by Crippen LogP contribution is -2.40. The van der Waals surface area contributed by atoms with E-state index in [0.717, 1.165) is 32.0 Å². The van der Waals surface area contributed by atoms with Gasteiger partial charge in [0.2, 0.25) is 0 Å². The molecule has 0 N–H and O–H groups in total. The van der Waals surface area contributed by atoms with Crippen molar-refractivity contribution in [3.8, 4) is 0 Å². The Kier molecular flexibility index (Phi) is 7.54. The van der Waals surface area contributed by atoms with E-state index < -0.39 is 0 Å². The molecular formula is C19H32O3S2. The van der Waals surface area contributed by atoms with Crippen molar-refractivity contribution in [3.05, 3.63) is 0 Å². The van der Waals surface area contributed by atoms with Gasteiger partial charge in [0.1, 0.15) is 6.29 Å². The van der Waals surface area contributed by atoms with Crippen molar-refractivity contribution < 1.29 is 14.3 Å². The SMILES string of the molecule is COC(=O)[C@H](C)[C@@H]1CC[C@@H](C)[C@H](CCC2(C)SCCCS2)C1C=O. The average Bonchev–Trinajstić information content (AvgIpc) is 2.59. The highest BCUT2D eigenvalue weighted by atomic mass is 32.2. The molecule has 1 aliphatic heterocycles. The highest BCUT2D eigenvalue weighted by molar-refractivity contribution is 8.18. The van der Waals surface area contributed by atoms with Crippen molar-refractivity contribution in [1.29, 1.82) is 0 Å². The highest BCUT2D eigenvalue weighted by Gasteiger charge is 2.42. The third kappa shape index (κ3) is 4.72. The number of thioether (sulfide) groups is 2. The predicted octanol–water partition coefficient (Wildman–Crippen LogP) is 4.64. The van der Waals surface area contributed by atoms with E-state index in [2.05, 4.69) is 37.4 Å². The Balaban J connectivity index is 2.05. The largest absolute Gasteiger partial charge is 0.469 e. The maximum Gasteiger partial charge on any atom is 0.308 e. The quantitative estimate of drug-likeness (QED) is 0.502. The van der Waals surface area contributed by atoms with Gasteiger partial charge in [0.15, 0.2) is 0 Å². The van der Waals surface area contributed by atoms with Gasteiger partial charge >= 0.3 is 5.97 Å². The van der Waals surface area contributed by atoms with Crippen molar-refractivity contribution >= 4 is 35.8 Å². The Hall–Kier alpha value is -0.160. The molecule has 1 saturated heterocycles. The normalized spacial score (nSPS) is 34.3. The van der Waals surface area contributed by atoms with Crippen LogP contribution in [0.2, 0.25) is 0 Å². The van der Waals surface area contributed by atoms with E-state index in [9.17, 15) is 9.59 Å². The van der Waals surface area contributed by atoms with Gasteiger partial charge in [0.25, 0.3) is 0 Å². The van der Waals surface area contributed by atoms with Gasteiger partial charge in [0.05, 0.1) is 17.1 Å². The number of methoxy groups -OCH3 is 1. The van der Waals surface area contributed by atoms with Crippen LogP contribution < -0.4 is 0 Å². The summed E-state index contributed by atoms with van der Waals surface area (Å²) in [6.45, 7) is 6.57. The summed E-state index contributed by atoms with van der Waals surface area (Å²) in [4.78, 5) is 23.9. The first kappa shape index (κ1) is 20.2. The van der Waals surface area contributed by atoms with Gasteiger partial charge in [-0.1, -0.05) is 20.3 Å². The maximum absolute atomic E-state index is 12.0. The van der Waals surface area contributed by atoms with Gasteiger partial charge in [-0.15, -0.1) is 23.5 Å². The fourth-order valence-corrected chi connectivity index (χ4v) is 7.41. The summed E-state index contributed by atoms with van der Waals surface area (Å²) in [5.74, 6) is 3.23. The predicted molar refractivity (Wildman–Crippen MR) is 103 cm³/mol. The second-order valence-corrected chi connectivity index (χ2v) is 11.1. The molecule has 2 fully saturated rings. The van der Waals surface area contributed by atoms with Crippen molar-refractivity contribution in [1.82, 2.24) is 0 Å². The van der Waals surface area contributed by atoms with Crippen molar-refractivity contribution in [2.75, 3.05) is 18.6 Å². The van der Waals surface area contributed by atoms with E-state index in [-0.39, 0.29) is 23.7 Å². The number of hydrogen-bond acceptors (Lipinski definition) is 5. The van der Waals surface area contributed by atoms with Gasteiger partial charge in [-0.25, -0.2) is 0 Å². The Morgan fingerprint density at radius 2 is 2.00 bits per heavy atom. The van der Waals surface area contributed by atoms with Gasteiger partial charge in [0, 0.05) is 5.92 Å². The molecule has 0 spiro atoms. The summed E-state index contributed by atoms with van der Waals surface area (Å²) in [5, 5.41) is 0. The van der Waals surface area contributed by atoms with Crippen LogP contribution in [0.1, 0.15) is 52.9 Å². The molecule has 1 saturated carbocycles. The molecule has 5 heteroatoms. The summed E-state index contributed by atoms with van der Waals surface area (Å²) in [6, 6.07) is 0. The molecule has 0 aromatic heterocycles. The van der Waals surface area contributed by atoms with Crippen LogP contribution in [0.3, 0.4) is 0 Å². The molecule has 138 valence electrons. The zero-order valence-corrected chi connectivity index (χ0v) is 17.1. The third-order valence-corrected chi connectivity index (χ3v) is 9.40. The first-order chi connectivity index (χ1) is 11.4. The summed E-state index contributed by atoms with van der Waals surface area (Å²) in [5.41, 5.74) is 0. The second kappa shape index (κ2) is 8.98. The summed E-state index contributed by atoms with van der Waals surface area (Å²) >= 11 is 4.16. The van der Waals surface area contributed by atoms with Crippen LogP contribution in [0.5, 0.6) is 0 Å². The van der Waals surface area contributed by atoms with E-state index in [1.165, 1.54) is 25.0 Å². The smallest absolute Gasteiger partial charge is 0.308 e. The zero-order valence-electron chi connectivity index (χ0n) is 15.5. The van der Waals surface area contributed by atoms with Crippen molar-refractivity contribution in [2.45, 2.75) is 57.0 Å². The topological polar surface area (TPSA) is 43.4 Å². The Morgan fingerprint density at radius 3 is 2.58 bits per heavy atom. The minimum Gasteiger partial charge on any atom is -0.469 e. The van der Waals surface area contributed by atoms with E-state index in [1.54, 1.807) is 0 Å². The molecular weight excluding hydrogens is 340 g/mol. The second-order valence-electron chi connectivity index (χ2n) is 7.63. The van der Waals surface area contributed by atoms with Crippen molar-refractivity contribution in [2.24, 2.45) is 29.6 Å². The molecule has 1 unspecified atom stereocenters. The molecule has 24 heavy (non-hydrogen) atoms. The molecule has 0 bridgehead atoms. The maximum atomic E-state index is 12.0. The molecule has 3 nitrogen and oxygen atoms in total. The standard InChI is InChI=1S/C19H32O3S2/c1-13-6-7-16(14(2)18(21)22-4)17(12-20)15(13)8-9-19(3)23-10-5-11-24-19/h12-17H,5-11H2,1-4H3/t13-,14-,15+,16+,17?/m1/s1. The lowest BCUT2D eigenvalue weighted by Gasteiger charge is -2.43. The number of hydrogen-bond donors (Lipinski definition) is 0. The minimum absolute atomic E-state index is 0.00922. The van der Waals surface area contributed by atoms with Crippen LogP contribution in [0.4, 0.5) is 0 Å². The summed E-state index contributed by atoms with van der Waals surface area (Å²) < 4.78 is 5.23. The number of esters is 1. The monoisotopic (exact) mass is 372 g/mol.